The van der Waals surface area contributed by atoms with Gasteiger partial charge in [0.1, 0.15) is 5.01 Å². The summed E-state index contributed by atoms with van der Waals surface area (Å²) in [6.45, 7) is 1.67. The maximum Gasteiger partial charge on any atom is 0.222 e. The topological polar surface area (TPSA) is 59.0 Å². The van der Waals surface area contributed by atoms with E-state index in [-0.39, 0.29) is 5.91 Å². The predicted octanol–water partition coefficient (Wildman–Crippen LogP) is 4.00. The third kappa shape index (κ3) is 3.99. The molecule has 1 amide bonds. The minimum atomic E-state index is 0.237. The van der Waals surface area contributed by atoms with Crippen molar-refractivity contribution in [2.24, 2.45) is 0 Å². The highest BCUT2D eigenvalue weighted by Gasteiger charge is 2.25. The Labute approximate surface area is 160 Å². The van der Waals surface area contributed by atoms with Gasteiger partial charge in [0.15, 0.2) is 0 Å². The number of pyridine rings is 1. The maximum atomic E-state index is 12.5. The monoisotopic (exact) mass is 384 g/mol. The molecule has 1 fully saturated rings. The number of hydrogen-bond donors (Lipinski definition) is 0. The van der Waals surface area contributed by atoms with Gasteiger partial charge in [-0.3, -0.25) is 9.78 Å². The first-order valence-corrected chi connectivity index (χ1v) is 10.6. The van der Waals surface area contributed by atoms with Crippen molar-refractivity contribution >= 4 is 28.6 Å². The van der Waals surface area contributed by atoms with Gasteiger partial charge in [-0.2, -0.15) is 0 Å². The number of rotatable bonds is 5. The van der Waals surface area contributed by atoms with E-state index in [1.807, 2.05) is 28.6 Å². The van der Waals surface area contributed by atoms with E-state index >= 15 is 0 Å². The summed E-state index contributed by atoms with van der Waals surface area (Å²) in [5.41, 5.74) is 2.07. The third-order valence-corrected chi connectivity index (χ3v) is 6.60. The second-order valence-electron chi connectivity index (χ2n) is 6.41. The van der Waals surface area contributed by atoms with Gasteiger partial charge in [-0.25, -0.2) is 9.97 Å². The van der Waals surface area contributed by atoms with Crippen molar-refractivity contribution in [2.75, 3.05) is 13.1 Å². The Bertz CT molecular complexity index is 840. The third-order valence-electron chi connectivity index (χ3n) is 4.72. The summed E-state index contributed by atoms with van der Waals surface area (Å²) < 4.78 is 0. The standard InChI is InChI=1S/C19H20N4OS2/c24-17(23-10-5-15(6-11-23)18-21-9-12-25-18)2-1-16-13-26-19(22-16)14-3-7-20-8-4-14/h3-4,7-9,12-13,15H,1-2,5-6,10-11H2. The van der Waals surface area contributed by atoms with E-state index < -0.39 is 0 Å². The van der Waals surface area contributed by atoms with Crippen LogP contribution >= 0.6 is 22.7 Å². The average molecular weight is 385 g/mol. The van der Waals surface area contributed by atoms with Gasteiger partial charge in [0, 0.05) is 60.3 Å². The normalized spacial score (nSPS) is 15.3. The molecule has 0 radical (unpaired) electrons. The number of nitrogens with zero attached hydrogens (tertiary/aromatic N) is 4. The van der Waals surface area contributed by atoms with Gasteiger partial charge >= 0.3 is 0 Å². The van der Waals surface area contributed by atoms with Crippen molar-refractivity contribution < 1.29 is 4.79 Å². The van der Waals surface area contributed by atoms with Crippen molar-refractivity contribution in [1.29, 1.82) is 0 Å². The highest BCUT2D eigenvalue weighted by atomic mass is 32.1. The minimum absolute atomic E-state index is 0.237. The molecule has 0 aromatic carbocycles. The summed E-state index contributed by atoms with van der Waals surface area (Å²) in [6, 6.07) is 3.92. The van der Waals surface area contributed by atoms with Gasteiger partial charge in [-0.15, -0.1) is 22.7 Å². The Morgan fingerprint density at radius 2 is 1.96 bits per heavy atom. The first kappa shape index (κ1) is 17.3. The number of piperidine rings is 1. The van der Waals surface area contributed by atoms with E-state index in [9.17, 15) is 4.79 Å². The van der Waals surface area contributed by atoms with Crippen LogP contribution in [0.3, 0.4) is 0 Å². The summed E-state index contributed by atoms with van der Waals surface area (Å²) in [7, 11) is 0. The molecular formula is C19H20N4OS2. The van der Waals surface area contributed by atoms with Crippen LogP contribution in [0.25, 0.3) is 10.6 Å². The molecule has 4 rings (SSSR count). The molecule has 1 aliphatic heterocycles. The SMILES string of the molecule is O=C(CCc1csc(-c2ccncc2)n1)N1CCC(c2nccs2)CC1. The van der Waals surface area contributed by atoms with Gasteiger partial charge in [0.25, 0.3) is 0 Å². The summed E-state index contributed by atoms with van der Waals surface area (Å²) in [5, 5.41) is 6.28. The van der Waals surface area contributed by atoms with Crippen molar-refractivity contribution in [3.8, 4) is 10.6 Å². The molecule has 0 N–H and O–H groups in total. The summed E-state index contributed by atoms with van der Waals surface area (Å²) in [5.74, 6) is 0.751. The van der Waals surface area contributed by atoms with Gasteiger partial charge in [-0.1, -0.05) is 0 Å². The Morgan fingerprint density at radius 1 is 1.15 bits per heavy atom. The van der Waals surface area contributed by atoms with Crippen LogP contribution in [0, 0.1) is 0 Å². The minimum Gasteiger partial charge on any atom is -0.343 e. The fourth-order valence-corrected chi connectivity index (χ4v) is 4.93. The van der Waals surface area contributed by atoms with Gasteiger partial charge in [-0.05, 0) is 31.4 Å². The molecular weight excluding hydrogens is 364 g/mol. The Morgan fingerprint density at radius 3 is 2.69 bits per heavy atom. The number of likely N-dealkylation sites (tertiary alicyclic amines) is 1. The molecule has 7 heteroatoms. The molecule has 0 saturated carbocycles. The molecule has 1 aliphatic rings. The van der Waals surface area contributed by atoms with E-state index in [1.54, 1.807) is 35.1 Å². The van der Waals surface area contributed by atoms with E-state index in [0.29, 0.717) is 18.8 Å². The number of aryl methyl sites for hydroxylation is 1. The van der Waals surface area contributed by atoms with Crippen LogP contribution in [0.2, 0.25) is 0 Å². The lowest BCUT2D eigenvalue weighted by molar-refractivity contribution is -0.132. The number of hydrogen-bond acceptors (Lipinski definition) is 6. The Balaban J connectivity index is 1.28. The molecule has 1 saturated heterocycles. The highest BCUT2D eigenvalue weighted by molar-refractivity contribution is 7.13. The zero-order valence-electron chi connectivity index (χ0n) is 14.4. The molecule has 3 aromatic rings. The second kappa shape index (κ2) is 8.05. The molecule has 26 heavy (non-hydrogen) atoms. The summed E-state index contributed by atoms with van der Waals surface area (Å²) in [6.07, 6.45) is 8.68. The fourth-order valence-electron chi connectivity index (χ4n) is 3.25. The zero-order valence-corrected chi connectivity index (χ0v) is 16.0. The predicted molar refractivity (Wildman–Crippen MR) is 104 cm³/mol. The largest absolute Gasteiger partial charge is 0.343 e. The smallest absolute Gasteiger partial charge is 0.222 e. The molecule has 0 aliphatic carbocycles. The van der Waals surface area contributed by atoms with Crippen molar-refractivity contribution in [3.05, 3.63) is 52.2 Å². The number of amides is 1. The quantitative estimate of drug-likeness (QED) is 0.667. The molecule has 134 valence electrons. The summed E-state index contributed by atoms with van der Waals surface area (Å²) >= 11 is 3.34. The van der Waals surface area contributed by atoms with Crippen LogP contribution in [0.4, 0.5) is 0 Å². The lowest BCUT2D eigenvalue weighted by Gasteiger charge is -2.31. The van der Waals surface area contributed by atoms with Crippen LogP contribution in [-0.4, -0.2) is 38.8 Å². The van der Waals surface area contributed by atoms with Gasteiger partial charge < -0.3 is 4.90 Å². The molecule has 0 unspecified atom stereocenters. The molecule has 3 aromatic heterocycles. The van der Waals surface area contributed by atoms with Crippen LogP contribution in [0.15, 0.2) is 41.5 Å². The van der Waals surface area contributed by atoms with Crippen molar-refractivity contribution in [2.45, 2.75) is 31.6 Å². The maximum absolute atomic E-state index is 12.5. The zero-order chi connectivity index (χ0) is 17.8. The molecule has 0 bridgehead atoms. The lowest BCUT2D eigenvalue weighted by atomic mass is 9.97. The van der Waals surface area contributed by atoms with E-state index in [4.69, 9.17) is 0 Å². The van der Waals surface area contributed by atoms with Crippen LogP contribution in [0.1, 0.15) is 35.9 Å². The van der Waals surface area contributed by atoms with Crippen LogP contribution < -0.4 is 0 Å². The fraction of sp³-hybridized carbons (Fsp3) is 0.368. The summed E-state index contributed by atoms with van der Waals surface area (Å²) in [4.78, 5) is 27.6. The Hall–Kier alpha value is -2.12. The van der Waals surface area contributed by atoms with Gasteiger partial charge in [0.05, 0.1) is 10.7 Å². The Kier molecular flexibility index (Phi) is 5.36. The average Bonchev–Trinajstić information content (AvgIpc) is 3.39. The first-order chi connectivity index (χ1) is 12.8. The number of carbonyl (C=O) groups is 1. The van der Waals surface area contributed by atoms with Crippen molar-refractivity contribution in [1.82, 2.24) is 19.9 Å². The highest BCUT2D eigenvalue weighted by Crippen LogP contribution is 2.29. The van der Waals surface area contributed by atoms with E-state index in [2.05, 4.69) is 20.3 Å². The van der Waals surface area contributed by atoms with Gasteiger partial charge in [0.2, 0.25) is 5.91 Å². The van der Waals surface area contributed by atoms with Crippen LogP contribution in [-0.2, 0) is 11.2 Å². The lowest BCUT2D eigenvalue weighted by Crippen LogP contribution is -2.38. The van der Waals surface area contributed by atoms with E-state index in [0.717, 1.165) is 42.2 Å². The van der Waals surface area contributed by atoms with Crippen molar-refractivity contribution in [3.63, 3.8) is 0 Å². The van der Waals surface area contributed by atoms with E-state index in [1.165, 1.54) is 5.01 Å². The molecule has 0 spiro atoms. The second-order valence-corrected chi connectivity index (χ2v) is 8.19. The molecule has 0 atom stereocenters. The first-order valence-electron chi connectivity index (χ1n) is 8.81. The number of thiazole rings is 2. The molecule has 5 nitrogen and oxygen atoms in total. The number of aromatic nitrogens is 3. The number of carbonyl (C=O) groups excluding carboxylic acids is 1. The van der Waals surface area contributed by atoms with Crippen LogP contribution in [0.5, 0.6) is 0 Å². The molecule has 4 heterocycles.